The van der Waals surface area contributed by atoms with Crippen molar-refractivity contribution in [3.63, 3.8) is 0 Å². The van der Waals surface area contributed by atoms with Crippen molar-refractivity contribution >= 4 is 17.5 Å². The maximum absolute atomic E-state index is 14.3. The molecule has 3 atom stereocenters. The fourth-order valence-electron chi connectivity index (χ4n) is 4.33. The first-order valence-electron chi connectivity index (χ1n) is 10.7. The third kappa shape index (κ3) is 5.15. The van der Waals surface area contributed by atoms with E-state index in [1.54, 1.807) is 0 Å². The van der Waals surface area contributed by atoms with Crippen molar-refractivity contribution in [3.05, 3.63) is 76.3 Å². The number of aliphatic hydroxyl groups is 1. The fourth-order valence-corrected chi connectivity index (χ4v) is 4.58. The van der Waals surface area contributed by atoms with Crippen LogP contribution in [-0.4, -0.2) is 44.3 Å². The van der Waals surface area contributed by atoms with Crippen molar-refractivity contribution in [2.24, 2.45) is 0 Å². The number of halogens is 6. The van der Waals surface area contributed by atoms with E-state index in [9.17, 15) is 31.9 Å². The number of alkyl halides is 4. The van der Waals surface area contributed by atoms with Gasteiger partial charge in [-0.15, -0.1) is 0 Å². The number of hydrogen-bond acceptors (Lipinski definition) is 4. The zero-order chi connectivity index (χ0) is 25.4. The molecule has 0 radical (unpaired) electrons. The minimum atomic E-state index is -4.66. The molecule has 1 aromatic heterocycles. The first kappa shape index (κ1) is 25.1. The van der Waals surface area contributed by atoms with Crippen LogP contribution < -0.4 is 5.32 Å². The summed E-state index contributed by atoms with van der Waals surface area (Å²) < 4.78 is 68.0. The molecule has 2 N–H and O–H groups in total. The molecule has 1 saturated carbocycles. The number of amides is 1. The van der Waals surface area contributed by atoms with E-state index >= 15 is 0 Å². The van der Waals surface area contributed by atoms with E-state index in [0.29, 0.717) is 0 Å². The largest absolute Gasteiger partial charge is 0.416 e. The zero-order valence-corrected chi connectivity index (χ0v) is 18.8. The summed E-state index contributed by atoms with van der Waals surface area (Å²) in [5, 5.41) is 21.3. The maximum atomic E-state index is 14.3. The molecule has 6 nitrogen and oxygen atoms in total. The van der Waals surface area contributed by atoms with Crippen LogP contribution in [0.5, 0.6) is 0 Å². The van der Waals surface area contributed by atoms with Gasteiger partial charge in [0.1, 0.15) is 12.0 Å². The minimum absolute atomic E-state index is 0.0124. The first-order valence-corrected chi connectivity index (χ1v) is 11.0. The van der Waals surface area contributed by atoms with Gasteiger partial charge in [-0.2, -0.15) is 28.2 Å². The molecule has 1 aliphatic carbocycles. The Kier molecular flexibility index (Phi) is 6.83. The number of hydrogen-bond donors (Lipinski definition) is 2. The van der Waals surface area contributed by atoms with Gasteiger partial charge >= 0.3 is 6.18 Å². The average molecular weight is 515 g/mol. The summed E-state index contributed by atoms with van der Waals surface area (Å²) in [6.07, 6.45) is -3.61. The molecule has 0 aliphatic heterocycles. The summed E-state index contributed by atoms with van der Waals surface area (Å²) in [7, 11) is 0. The van der Waals surface area contributed by atoms with E-state index in [1.165, 1.54) is 24.5 Å². The van der Waals surface area contributed by atoms with Gasteiger partial charge in [-0.25, -0.2) is 8.78 Å². The van der Waals surface area contributed by atoms with Crippen LogP contribution >= 0.6 is 11.6 Å². The van der Waals surface area contributed by atoms with Gasteiger partial charge in [-0.05, 0) is 49.1 Å². The average Bonchev–Trinajstić information content (AvgIpc) is 3.35. The summed E-state index contributed by atoms with van der Waals surface area (Å²) in [6, 6.07) is 6.49. The molecule has 0 saturated heterocycles. The molecule has 2 aromatic carbocycles. The number of nitrogens with zero attached hydrogens (tertiary/aromatic N) is 3. The first-order chi connectivity index (χ1) is 16.5. The smallest absolute Gasteiger partial charge is 0.387 e. The van der Waals surface area contributed by atoms with Gasteiger partial charge in [0, 0.05) is 12.5 Å². The third-order valence-electron chi connectivity index (χ3n) is 6.15. The Morgan fingerprint density at radius 2 is 1.94 bits per heavy atom. The van der Waals surface area contributed by atoms with Crippen LogP contribution in [0, 0.1) is 5.82 Å². The molecule has 0 spiro atoms. The lowest BCUT2D eigenvalue weighted by Crippen LogP contribution is -2.50. The molecule has 1 amide bonds. The topological polar surface area (TPSA) is 80.0 Å². The standard InChI is InChI=1S/C23H20ClF5N4O2/c24-20-15(2-1-3-18(20)26)17-11-14(25)6-7-22(17,35)12-30-21(34)16-5-4-13(23(27,28)29)10-19(16)33-31-8-9-32-33/h1-5,8-10,14,17,35H,6-7,11-12H2,(H,30,34). The minimum Gasteiger partial charge on any atom is -0.387 e. The third-order valence-corrected chi connectivity index (χ3v) is 6.55. The molecule has 1 fully saturated rings. The molecule has 4 rings (SSSR count). The highest BCUT2D eigenvalue weighted by atomic mass is 35.5. The number of benzene rings is 2. The summed E-state index contributed by atoms with van der Waals surface area (Å²) in [5.41, 5.74) is -2.85. The lowest BCUT2D eigenvalue weighted by atomic mass is 9.71. The number of nitrogens with one attached hydrogen (secondary N) is 1. The van der Waals surface area contributed by atoms with Crippen molar-refractivity contribution in [2.75, 3.05) is 6.54 Å². The predicted molar refractivity (Wildman–Crippen MR) is 117 cm³/mol. The van der Waals surface area contributed by atoms with E-state index in [0.717, 1.165) is 29.1 Å². The van der Waals surface area contributed by atoms with E-state index in [4.69, 9.17) is 11.6 Å². The zero-order valence-electron chi connectivity index (χ0n) is 18.1. The number of rotatable bonds is 5. The molecule has 1 aliphatic rings. The lowest BCUT2D eigenvalue weighted by molar-refractivity contribution is -0.137. The Bertz CT molecular complexity index is 1220. The Labute approximate surface area is 201 Å². The number of aromatic nitrogens is 3. The van der Waals surface area contributed by atoms with Crippen molar-refractivity contribution in [2.45, 2.75) is 43.1 Å². The highest BCUT2D eigenvalue weighted by molar-refractivity contribution is 6.31. The molecule has 12 heteroatoms. The maximum Gasteiger partial charge on any atom is 0.416 e. The molecular weight excluding hydrogens is 495 g/mol. The SMILES string of the molecule is O=C(NCC1(O)CCC(F)CC1c1cccc(F)c1Cl)c1ccc(C(F)(F)F)cc1-n1nccn1. The van der Waals surface area contributed by atoms with Gasteiger partial charge in [-0.3, -0.25) is 4.79 Å². The lowest BCUT2D eigenvalue weighted by Gasteiger charge is -2.42. The summed E-state index contributed by atoms with van der Waals surface area (Å²) in [6.45, 7) is -0.372. The predicted octanol–water partition coefficient (Wildman–Crippen LogP) is 4.85. The molecule has 3 aromatic rings. The van der Waals surface area contributed by atoms with Crippen molar-refractivity contribution in [1.29, 1.82) is 0 Å². The van der Waals surface area contributed by atoms with Gasteiger partial charge in [0.05, 0.1) is 39.8 Å². The van der Waals surface area contributed by atoms with E-state index in [2.05, 4.69) is 15.5 Å². The highest BCUT2D eigenvalue weighted by Crippen LogP contribution is 2.44. The van der Waals surface area contributed by atoms with Gasteiger partial charge in [0.15, 0.2) is 0 Å². The summed E-state index contributed by atoms with van der Waals surface area (Å²) in [5.74, 6) is -2.45. The van der Waals surface area contributed by atoms with Gasteiger partial charge < -0.3 is 10.4 Å². The van der Waals surface area contributed by atoms with E-state index in [1.807, 2.05) is 0 Å². The Morgan fingerprint density at radius 3 is 2.63 bits per heavy atom. The van der Waals surface area contributed by atoms with Crippen LogP contribution in [0.15, 0.2) is 48.8 Å². The molecular formula is C23H20ClF5N4O2. The van der Waals surface area contributed by atoms with Gasteiger partial charge in [0.25, 0.3) is 5.91 Å². The van der Waals surface area contributed by atoms with Crippen LogP contribution in [0.3, 0.4) is 0 Å². The Hall–Kier alpha value is -3.05. The van der Waals surface area contributed by atoms with Crippen molar-refractivity contribution < 1.29 is 31.9 Å². The molecule has 3 unspecified atom stereocenters. The van der Waals surface area contributed by atoms with Crippen molar-refractivity contribution in [3.8, 4) is 5.69 Å². The van der Waals surface area contributed by atoms with Crippen LogP contribution in [0.2, 0.25) is 5.02 Å². The molecule has 0 bridgehead atoms. The number of carbonyl (C=O) groups is 1. The Balaban J connectivity index is 1.62. The second-order valence-corrected chi connectivity index (χ2v) is 8.78. The molecule has 1 heterocycles. The van der Waals surface area contributed by atoms with Crippen LogP contribution in [0.4, 0.5) is 22.0 Å². The van der Waals surface area contributed by atoms with E-state index in [-0.39, 0.29) is 47.6 Å². The van der Waals surface area contributed by atoms with Gasteiger partial charge in [-0.1, -0.05) is 23.7 Å². The second kappa shape index (κ2) is 9.54. The van der Waals surface area contributed by atoms with Crippen LogP contribution in [0.1, 0.15) is 46.7 Å². The fraction of sp³-hybridized carbons (Fsp3) is 0.348. The molecule has 35 heavy (non-hydrogen) atoms. The van der Waals surface area contributed by atoms with Crippen LogP contribution in [0.25, 0.3) is 5.69 Å². The van der Waals surface area contributed by atoms with Crippen LogP contribution in [-0.2, 0) is 6.18 Å². The second-order valence-electron chi connectivity index (χ2n) is 8.40. The quantitative estimate of drug-likeness (QED) is 0.477. The van der Waals surface area contributed by atoms with Gasteiger partial charge in [0.2, 0.25) is 0 Å². The Morgan fingerprint density at radius 1 is 1.23 bits per heavy atom. The monoisotopic (exact) mass is 514 g/mol. The highest BCUT2D eigenvalue weighted by Gasteiger charge is 2.44. The van der Waals surface area contributed by atoms with Crippen molar-refractivity contribution in [1.82, 2.24) is 20.3 Å². The summed E-state index contributed by atoms with van der Waals surface area (Å²) in [4.78, 5) is 13.9. The normalized spacial score (nSPS) is 22.7. The van der Waals surface area contributed by atoms with E-state index < -0.39 is 41.2 Å². The number of carbonyl (C=O) groups excluding carboxylic acids is 1. The summed E-state index contributed by atoms with van der Waals surface area (Å²) >= 11 is 6.09. The molecule has 186 valence electrons.